The van der Waals surface area contributed by atoms with Crippen molar-refractivity contribution in [2.24, 2.45) is 0 Å². The van der Waals surface area contributed by atoms with E-state index in [-0.39, 0.29) is 5.91 Å². The fourth-order valence-electron chi connectivity index (χ4n) is 1.89. The van der Waals surface area contributed by atoms with E-state index in [0.717, 1.165) is 23.4 Å². The van der Waals surface area contributed by atoms with E-state index >= 15 is 0 Å². The van der Waals surface area contributed by atoms with Gasteiger partial charge in [0.15, 0.2) is 0 Å². The van der Waals surface area contributed by atoms with Crippen LogP contribution in [0.15, 0.2) is 16.7 Å². The monoisotopic (exact) mass is 293 g/mol. The largest absolute Gasteiger partial charge is 0.361 e. The predicted molar refractivity (Wildman–Crippen MR) is 75.8 cm³/mol. The number of nitrogens with zero attached hydrogens (tertiary/aromatic N) is 2. The molecule has 0 radical (unpaired) electrons. The van der Waals surface area contributed by atoms with Crippen LogP contribution in [-0.4, -0.2) is 16.0 Å². The highest BCUT2D eigenvalue weighted by atomic mass is 35.5. The van der Waals surface area contributed by atoms with Crippen LogP contribution in [0.1, 0.15) is 40.0 Å². The molecule has 0 aliphatic carbocycles. The zero-order valence-corrected chi connectivity index (χ0v) is 12.4. The van der Waals surface area contributed by atoms with Crippen LogP contribution < -0.4 is 5.32 Å². The minimum Gasteiger partial charge on any atom is -0.361 e. The van der Waals surface area contributed by atoms with Gasteiger partial charge in [0.25, 0.3) is 5.91 Å². The molecule has 0 saturated carbocycles. The molecule has 0 saturated heterocycles. The predicted octanol–water partition coefficient (Wildman–Crippen LogP) is 2.83. The second kappa shape index (κ2) is 6.05. The Morgan fingerprint density at radius 3 is 2.75 bits per heavy atom. The molecule has 20 heavy (non-hydrogen) atoms. The minimum atomic E-state index is -0.191. The summed E-state index contributed by atoms with van der Waals surface area (Å²) in [6.07, 6.45) is 0.727. The Hall–Kier alpha value is -1.88. The lowest BCUT2D eigenvalue weighted by molar-refractivity contribution is 0.0950. The van der Waals surface area contributed by atoms with Gasteiger partial charge in [-0.3, -0.25) is 4.79 Å². The Balaban J connectivity index is 2.11. The summed E-state index contributed by atoms with van der Waals surface area (Å²) in [5.41, 5.74) is 2.98. The molecule has 5 nitrogen and oxygen atoms in total. The van der Waals surface area contributed by atoms with Crippen LogP contribution in [0, 0.1) is 13.8 Å². The van der Waals surface area contributed by atoms with E-state index in [1.807, 2.05) is 20.8 Å². The van der Waals surface area contributed by atoms with Gasteiger partial charge in [-0.25, -0.2) is 4.98 Å². The summed E-state index contributed by atoms with van der Waals surface area (Å²) < 4.78 is 5.06. The van der Waals surface area contributed by atoms with Gasteiger partial charge >= 0.3 is 0 Å². The van der Waals surface area contributed by atoms with Gasteiger partial charge in [-0.05, 0) is 32.4 Å². The molecule has 0 aliphatic rings. The Labute approximate surface area is 122 Å². The van der Waals surface area contributed by atoms with E-state index in [9.17, 15) is 4.79 Å². The maximum Gasteiger partial charge on any atom is 0.251 e. The summed E-state index contributed by atoms with van der Waals surface area (Å²) in [7, 11) is 0. The normalized spacial score (nSPS) is 10.6. The highest BCUT2D eigenvalue weighted by Crippen LogP contribution is 2.14. The molecule has 0 aliphatic heterocycles. The van der Waals surface area contributed by atoms with Crippen LogP contribution in [-0.2, 0) is 13.0 Å². The van der Waals surface area contributed by atoms with E-state index in [1.165, 1.54) is 0 Å². The third kappa shape index (κ3) is 3.17. The molecule has 0 fully saturated rings. The highest BCUT2D eigenvalue weighted by Gasteiger charge is 2.12. The molecule has 106 valence electrons. The van der Waals surface area contributed by atoms with Gasteiger partial charge in [0.2, 0.25) is 0 Å². The Morgan fingerprint density at radius 2 is 2.15 bits per heavy atom. The first kappa shape index (κ1) is 14.5. The molecular formula is C14H16ClN3O2. The highest BCUT2D eigenvalue weighted by molar-refractivity contribution is 6.29. The van der Waals surface area contributed by atoms with E-state index in [4.69, 9.17) is 16.1 Å². The zero-order chi connectivity index (χ0) is 14.7. The number of rotatable bonds is 4. The van der Waals surface area contributed by atoms with Crippen LogP contribution in [0.4, 0.5) is 0 Å². The number of aromatic nitrogens is 2. The van der Waals surface area contributed by atoms with Gasteiger partial charge in [-0.15, -0.1) is 0 Å². The van der Waals surface area contributed by atoms with Crippen LogP contribution in [0.5, 0.6) is 0 Å². The first-order valence-electron chi connectivity index (χ1n) is 6.37. The third-order valence-corrected chi connectivity index (χ3v) is 3.27. The molecule has 2 heterocycles. The van der Waals surface area contributed by atoms with Crippen molar-refractivity contribution in [1.29, 1.82) is 0 Å². The van der Waals surface area contributed by atoms with Gasteiger partial charge in [0, 0.05) is 23.4 Å². The van der Waals surface area contributed by atoms with Gasteiger partial charge in [-0.1, -0.05) is 23.7 Å². The van der Waals surface area contributed by atoms with Gasteiger partial charge in [0.1, 0.15) is 10.9 Å². The molecule has 1 N–H and O–H groups in total. The lowest BCUT2D eigenvalue weighted by Crippen LogP contribution is -2.23. The Kier molecular flexibility index (Phi) is 4.39. The van der Waals surface area contributed by atoms with Crippen molar-refractivity contribution in [1.82, 2.24) is 15.5 Å². The Bertz CT molecular complexity index is 618. The molecule has 6 heteroatoms. The first-order chi connectivity index (χ1) is 9.51. The first-order valence-corrected chi connectivity index (χ1v) is 6.75. The van der Waals surface area contributed by atoms with Gasteiger partial charge < -0.3 is 9.84 Å². The number of amides is 1. The molecule has 2 aromatic heterocycles. The smallest absolute Gasteiger partial charge is 0.251 e. The van der Waals surface area contributed by atoms with Crippen LogP contribution >= 0.6 is 11.6 Å². The minimum absolute atomic E-state index is 0.191. The van der Waals surface area contributed by atoms with Crippen LogP contribution in [0.2, 0.25) is 5.15 Å². The standard InChI is InChI=1S/C14H16ClN3O2/c1-4-11-5-10(6-13(15)17-11)14(19)16-7-12-8(2)18-20-9(12)3/h5-6H,4,7H2,1-3H3,(H,16,19). The molecular weight excluding hydrogens is 278 g/mol. The maximum absolute atomic E-state index is 12.1. The van der Waals surface area contributed by atoms with Gasteiger partial charge in [-0.2, -0.15) is 0 Å². The molecule has 0 aromatic carbocycles. The fourth-order valence-corrected chi connectivity index (χ4v) is 2.11. The topological polar surface area (TPSA) is 68.0 Å². The van der Waals surface area contributed by atoms with Crippen molar-refractivity contribution in [3.8, 4) is 0 Å². The van der Waals surface area contributed by atoms with Gasteiger partial charge in [0.05, 0.1) is 5.69 Å². The number of nitrogens with one attached hydrogen (secondary N) is 1. The van der Waals surface area contributed by atoms with Crippen LogP contribution in [0.25, 0.3) is 0 Å². The molecule has 2 rings (SSSR count). The molecule has 0 unspecified atom stereocenters. The van der Waals surface area contributed by atoms with E-state index in [0.29, 0.717) is 23.0 Å². The summed E-state index contributed by atoms with van der Waals surface area (Å²) in [6, 6.07) is 3.30. The Morgan fingerprint density at radius 1 is 1.40 bits per heavy atom. The van der Waals surface area contributed by atoms with E-state index < -0.39 is 0 Å². The number of hydrogen-bond acceptors (Lipinski definition) is 4. The summed E-state index contributed by atoms with van der Waals surface area (Å²) in [5, 5.41) is 7.01. The van der Waals surface area contributed by atoms with Crippen molar-refractivity contribution in [2.45, 2.75) is 33.7 Å². The summed E-state index contributed by atoms with van der Waals surface area (Å²) in [5.74, 6) is 0.522. The van der Waals surface area contributed by atoms with Crippen molar-refractivity contribution in [3.63, 3.8) is 0 Å². The third-order valence-electron chi connectivity index (χ3n) is 3.08. The average Bonchev–Trinajstić information content (AvgIpc) is 2.74. The number of halogens is 1. The summed E-state index contributed by atoms with van der Waals surface area (Å²) >= 11 is 5.91. The number of carbonyl (C=O) groups excluding carboxylic acids is 1. The van der Waals surface area contributed by atoms with E-state index in [2.05, 4.69) is 15.5 Å². The zero-order valence-electron chi connectivity index (χ0n) is 11.7. The molecule has 2 aromatic rings. The quantitative estimate of drug-likeness (QED) is 0.880. The molecule has 0 atom stereocenters. The second-order valence-electron chi connectivity index (χ2n) is 4.51. The average molecular weight is 294 g/mol. The van der Waals surface area contributed by atoms with Crippen LogP contribution in [0.3, 0.4) is 0 Å². The summed E-state index contributed by atoms with van der Waals surface area (Å²) in [6.45, 7) is 6.00. The number of aryl methyl sites for hydroxylation is 3. The number of pyridine rings is 1. The van der Waals surface area contributed by atoms with E-state index in [1.54, 1.807) is 12.1 Å². The molecule has 1 amide bonds. The summed E-state index contributed by atoms with van der Waals surface area (Å²) in [4.78, 5) is 16.3. The maximum atomic E-state index is 12.1. The van der Waals surface area contributed by atoms with Crippen molar-refractivity contribution in [2.75, 3.05) is 0 Å². The fraction of sp³-hybridized carbons (Fsp3) is 0.357. The van der Waals surface area contributed by atoms with Crippen molar-refractivity contribution < 1.29 is 9.32 Å². The number of hydrogen-bond donors (Lipinski definition) is 1. The van der Waals surface area contributed by atoms with Crippen molar-refractivity contribution >= 4 is 17.5 Å². The molecule has 0 bridgehead atoms. The lowest BCUT2D eigenvalue weighted by atomic mass is 10.1. The SMILES string of the molecule is CCc1cc(C(=O)NCc2c(C)noc2C)cc(Cl)n1. The lowest BCUT2D eigenvalue weighted by Gasteiger charge is -2.06. The number of carbonyl (C=O) groups is 1. The second-order valence-corrected chi connectivity index (χ2v) is 4.90. The molecule has 0 spiro atoms. The van der Waals surface area contributed by atoms with Crippen molar-refractivity contribution in [3.05, 3.63) is 45.6 Å².